The number of aryl methyl sites for hydroxylation is 1. The molecule has 2 aromatic rings. The second-order valence-electron chi connectivity index (χ2n) is 6.07. The normalized spacial score (nSPS) is 10.0. The summed E-state index contributed by atoms with van der Waals surface area (Å²) in [4.78, 5) is 41.2. The van der Waals surface area contributed by atoms with Crippen molar-refractivity contribution in [3.05, 3.63) is 45.0 Å². The molecule has 0 spiro atoms. The van der Waals surface area contributed by atoms with Crippen molar-refractivity contribution in [2.75, 3.05) is 19.7 Å². The number of aromatic nitrogens is 1. The zero-order valence-electron chi connectivity index (χ0n) is 16.4. The molecule has 0 unspecified atom stereocenters. The SMILES string of the molecule is Cc1csc(Sc2ccc(C(=O)OCC(=O)N(CCC#N)CCC#N)cc2[N+](=O)[O-])n1. The topological polar surface area (TPSA) is 150 Å². The first-order valence-electron chi connectivity index (χ1n) is 8.93. The van der Waals surface area contributed by atoms with Gasteiger partial charge < -0.3 is 9.64 Å². The molecule has 31 heavy (non-hydrogen) atoms. The molecule has 12 heteroatoms. The van der Waals surface area contributed by atoms with Gasteiger partial charge in [-0.3, -0.25) is 14.9 Å². The predicted molar refractivity (Wildman–Crippen MR) is 111 cm³/mol. The highest BCUT2D eigenvalue weighted by atomic mass is 32.2. The van der Waals surface area contributed by atoms with E-state index in [-0.39, 0.29) is 37.2 Å². The third-order valence-electron chi connectivity index (χ3n) is 3.85. The molecule has 0 aliphatic heterocycles. The minimum Gasteiger partial charge on any atom is -0.452 e. The van der Waals surface area contributed by atoms with Gasteiger partial charge in [-0.2, -0.15) is 10.5 Å². The lowest BCUT2D eigenvalue weighted by molar-refractivity contribution is -0.387. The number of nitro groups is 1. The Morgan fingerprint density at radius 1 is 1.29 bits per heavy atom. The Kier molecular flexibility index (Phi) is 8.94. The molecule has 0 radical (unpaired) electrons. The van der Waals surface area contributed by atoms with Crippen molar-refractivity contribution < 1.29 is 19.2 Å². The van der Waals surface area contributed by atoms with E-state index in [0.717, 1.165) is 23.5 Å². The Morgan fingerprint density at radius 2 is 1.97 bits per heavy atom. The van der Waals surface area contributed by atoms with E-state index in [1.807, 2.05) is 24.4 Å². The van der Waals surface area contributed by atoms with Crippen LogP contribution in [-0.4, -0.2) is 46.4 Å². The number of benzene rings is 1. The summed E-state index contributed by atoms with van der Waals surface area (Å²) in [6.07, 6.45) is 0.157. The largest absolute Gasteiger partial charge is 0.452 e. The lowest BCUT2D eigenvalue weighted by atomic mass is 10.2. The number of nitrogens with zero attached hydrogens (tertiary/aromatic N) is 5. The van der Waals surface area contributed by atoms with E-state index in [1.54, 1.807) is 0 Å². The molecule has 0 aliphatic rings. The van der Waals surface area contributed by atoms with Crippen LogP contribution in [0.5, 0.6) is 0 Å². The molecule has 10 nitrogen and oxygen atoms in total. The molecule has 1 aromatic carbocycles. The molecule has 0 saturated heterocycles. The zero-order valence-corrected chi connectivity index (χ0v) is 18.1. The quantitative estimate of drug-likeness (QED) is 0.296. The van der Waals surface area contributed by atoms with E-state index in [0.29, 0.717) is 9.24 Å². The summed E-state index contributed by atoms with van der Waals surface area (Å²) in [5.41, 5.74) is 0.460. The summed E-state index contributed by atoms with van der Waals surface area (Å²) in [5, 5.41) is 30.6. The average molecular weight is 460 g/mol. The number of esters is 1. The third kappa shape index (κ3) is 7.06. The molecule has 0 bridgehead atoms. The van der Waals surface area contributed by atoms with Crippen LogP contribution in [0.1, 0.15) is 28.9 Å². The second-order valence-corrected chi connectivity index (χ2v) is 8.22. The second kappa shape index (κ2) is 11.6. The molecule has 2 rings (SSSR count). The van der Waals surface area contributed by atoms with Gasteiger partial charge in [0, 0.05) is 30.2 Å². The molecule has 0 saturated carbocycles. The summed E-state index contributed by atoms with van der Waals surface area (Å²) in [6, 6.07) is 7.72. The van der Waals surface area contributed by atoms with Gasteiger partial charge in [-0.25, -0.2) is 9.78 Å². The van der Waals surface area contributed by atoms with Crippen LogP contribution in [-0.2, 0) is 9.53 Å². The molecule has 1 amide bonds. The van der Waals surface area contributed by atoms with E-state index in [9.17, 15) is 19.7 Å². The molecule has 0 fully saturated rings. The van der Waals surface area contributed by atoms with E-state index in [4.69, 9.17) is 15.3 Å². The van der Waals surface area contributed by atoms with E-state index in [2.05, 4.69) is 4.98 Å². The van der Waals surface area contributed by atoms with Crippen LogP contribution in [0.15, 0.2) is 32.8 Å². The summed E-state index contributed by atoms with van der Waals surface area (Å²) < 4.78 is 5.63. The fourth-order valence-electron chi connectivity index (χ4n) is 2.38. The molecular formula is C19H17N5O5S2. The maximum absolute atomic E-state index is 12.3. The number of carbonyl (C=O) groups is 2. The molecule has 0 N–H and O–H groups in total. The van der Waals surface area contributed by atoms with Crippen molar-refractivity contribution in [3.8, 4) is 12.1 Å². The number of ether oxygens (including phenoxy) is 1. The predicted octanol–water partition coefficient (Wildman–Crippen LogP) is 3.32. The van der Waals surface area contributed by atoms with Crippen molar-refractivity contribution in [2.45, 2.75) is 29.0 Å². The first-order chi connectivity index (χ1) is 14.8. The lowest BCUT2D eigenvalue weighted by Crippen LogP contribution is -2.36. The van der Waals surface area contributed by atoms with Gasteiger partial charge in [0.1, 0.15) is 0 Å². The number of carbonyl (C=O) groups excluding carboxylic acids is 2. The van der Waals surface area contributed by atoms with Gasteiger partial charge in [0.15, 0.2) is 10.9 Å². The van der Waals surface area contributed by atoms with Crippen LogP contribution in [0, 0.1) is 39.7 Å². The van der Waals surface area contributed by atoms with Crippen LogP contribution >= 0.6 is 23.1 Å². The summed E-state index contributed by atoms with van der Waals surface area (Å²) in [7, 11) is 0. The fourth-order valence-corrected chi connectivity index (χ4v) is 4.26. The number of nitro benzene ring substituents is 1. The Morgan fingerprint density at radius 3 is 2.52 bits per heavy atom. The monoisotopic (exact) mass is 459 g/mol. The molecule has 0 aliphatic carbocycles. The fraction of sp³-hybridized carbons (Fsp3) is 0.316. The highest BCUT2D eigenvalue weighted by Gasteiger charge is 2.21. The van der Waals surface area contributed by atoms with Crippen LogP contribution in [0.3, 0.4) is 0 Å². The number of amides is 1. The van der Waals surface area contributed by atoms with Crippen LogP contribution in [0.2, 0.25) is 0 Å². The van der Waals surface area contributed by atoms with E-state index in [1.165, 1.54) is 28.4 Å². The molecule has 1 heterocycles. The first-order valence-corrected chi connectivity index (χ1v) is 10.6. The van der Waals surface area contributed by atoms with Gasteiger partial charge in [-0.1, -0.05) is 11.8 Å². The molecule has 160 valence electrons. The van der Waals surface area contributed by atoms with Crippen LogP contribution < -0.4 is 0 Å². The van der Waals surface area contributed by atoms with Gasteiger partial charge >= 0.3 is 5.97 Å². The van der Waals surface area contributed by atoms with Gasteiger partial charge in [0.05, 0.1) is 40.4 Å². The Bertz CT molecular complexity index is 1040. The van der Waals surface area contributed by atoms with Gasteiger partial charge in [0.2, 0.25) is 0 Å². The molecule has 0 atom stereocenters. The Hall–Kier alpha value is -3.48. The van der Waals surface area contributed by atoms with Crippen molar-refractivity contribution in [1.82, 2.24) is 9.88 Å². The highest BCUT2D eigenvalue weighted by molar-refractivity contribution is 8.01. The first kappa shape index (κ1) is 23.8. The number of hydrogen-bond acceptors (Lipinski definition) is 10. The summed E-state index contributed by atoms with van der Waals surface area (Å²) in [5.74, 6) is -1.45. The van der Waals surface area contributed by atoms with Gasteiger partial charge in [-0.15, -0.1) is 11.3 Å². The average Bonchev–Trinajstić information content (AvgIpc) is 3.16. The van der Waals surface area contributed by atoms with Crippen molar-refractivity contribution in [3.63, 3.8) is 0 Å². The number of thiazole rings is 1. The van der Waals surface area contributed by atoms with Crippen LogP contribution in [0.4, 0.5) is 5.69 Å². The summed E-state index contributed by atoms with van der Waals surface area (Å²) >= 11 is 2.48. The number of nitriles is 2. The molecular weight excluding hydrogens is 442 g/mol. The zero-order chi connectivity index (χ0) is 22.8. The Balaban J connectivity index is 2.08. The third-order valence-corrected chi connectivity index (χ3v) is 5.97. The minimum absolute atomic E-state index is 0.0697. The van der Waals surface area contributed by atoms with Gasteiger partial charge in [0.25, 0.3) is 11.6 Å². The van der Waals surface area contributed by atoms with Crippen molar-refractivity contribution in [1.29, 1.82) is 10.5 Å². The smallest absolute Gasteiger partial charge is 0.338 e. The highest BCUT2D eigenvalue weighted by Crippen LogP contribution is 2.36. The Labute approximate surface area is 186 Å². The van der Waals surface area contributed by atoms with Gasteiger partial charge in [-0.05, 0) is 19.1 Å². The number of hydrogen-bond donors (Lipinski definition) is 0. The van der Waals surface area contributed by atoms with E-state index < -0.39 is 23.4 Å². The maximum Gasteiger partial charge on any atom is 0.338 e. The number of rotatable bonds is 10. The minimum atomic E-state index is -0.890. The van der Waals surface area contributed by atoms with Crippen LogP contribution in [0.25, 0.3) is 0 Å². The molecule has 1 aromatic heterocycles. The van der Waals surface area contributed by atoms with Crippen molar-refractivity contribution >= 4 is 40.7 Å². The van der Waals surface area contributed by atoms with Crippen molar-refractivity contribution in [2.24, 2.45) is 0 Å². The standard InChI is InChI=1S/C19H17N5O5S2/c1-13-12-30-19(22-13)31-16-5-4-14(10-15(16)24(27)28)18(26)29-11-17(25)23(8-2-6-20)9-3-7-21/h4-5,10,12H,2-3,8-9,11H2,1H3. The van der Waals surface area contributed by atoms with E-state index >= 15 is 0 Å². The lowest BCUT2D eigenvalue weighted by Gasteiger charge is -2.20. The maximum atomic E-state index is 12.3. The summed E-state index contributed by atoms with van der Waals surface area (Å²) in [6.45, 7) is 1.44.